The molecule has 2 aromatic rings. The van der Waals surface area contributed by atoms with Crippen LogP contribution in [0.3, 0.4) is 0 Å². The number of Topliss-reactive ketones (excluding diaryl/α,β-unsaturated/α-hetero) is 1. The normalized spacial score (nSPS) is 18.5. The Balaban J connectivity index is 1.32. The summed E-state index contributed by atoms with van der Waals surface area (Å²) in [4.78, 5) is 63.1. The quantitative estimate of drug-likeness (QED) is 0.218. The van der Waals surface area contributed by atoms with E-state index in [0.29, 0.717) is 41.8 Å². The Morgan fingerprint density at radius 2 is 1.62 bits per heavy atom. The van der Waals surface area contributed by atoms with Crippen LogP contribution in [0.15, 0.2) is 42.5 Å². The molecule has 3 aliphatic heterocycles. The first-order valence-electron chi connectivity index (χ1n) is 13.6. The summed E-state index contributed by atoms with van der Waals surface area (Å²) < 4.78 is 22.0. The zero-order valence-corrected chi connectivity index (χ0v) is 23.1. The molecule has 1 fully saturated rings. The zero-order valence-electron chi connectivity index (χ0n) is 23.1. The molecule has 5 rings (SSSR count). The van der Waals surface area contributed by atoms with Crippen molar-refractivity contribution in [2.75, 3.05) is 20.0 Å². The molecule has 3 aliphatic rings. The Morgan fingerprint density at radius 1 is 0.929 bits per heavy atom. The minimum Gasteiger partial charge on any atom is -0.486 e. The van der Waals surface area contributed by atoms with Crippen molar-refractivity contribution in [3.63, 3.8) is 0 Å². The van der Waals surface area contributed by atoms with E-state index in [1.165, 1.54) is 6.08 Å². The predicted octanol–water partition coefficient (Wildman–Crippen LogP) is 1.82. The predicted molar refractivity (Wildman–Crippen MR) is 148 cm³/mol. The van der Waals surface area contributed by atoms with Gasteiger partial charge < -0.3 is 29.6 Å². The van der Waals surface area contributed by atoms with Crippen molar-refractivity contribution < 1.29 is 42.9 Å². The number of amides is 4. The topological polar surface area (TPSA) is 158 Å². The summed E-state index contributed by atoms with van der Waals surface area (Å²) in [7, 11) is 0. The lowest BCUT2D eigenvalue weighted by Crippen LogP contribution is -2.48. The lowest BCUT2D eigenvalue weighted by molar-refractivity contribution is -0.136. The van der Waals surface area contributed by atoms with E-state index in [2.05, 4.69) is 16.0 Å². The minimum absolute atomic E-state index is 0.136. The van der Waals surface area contributed by atoms with Crippen LogP contribution in [0.5, 0.6) is 23.0 Å². The third-order valence-corrected chi connectivity index (χ3v) is 7.10. The number of carbonyl (C=O) groups is 5. The zero-order chi connectivity index (χ0) is 29.8. The van der Waals surface area contributed by atoms with Crippen LogP contribution in [0, 0.1) is 11.8 Å². The van der Waals surface area contributed by atoms with E-state index in [-0.39, 0.29) is 25.6 Å². The second-order valence-corrected chi connectivity index (χ2v) is 10.5. The number of hydrogen-bond acceptors (Lipinski definition) is 9. The summed E-state index contributed by atoms with van der Waals surface area (Å²) in [5.74, 6) is -1.96. The van der Waals surface area contributed by atoms with Crippen molar-refractivity contribution in [2.45, 2.75) is 38.8 Å². The average molecular weight is 578 g/mol. The molecule has 0 spiro atoms. The van der Waals surface area contributed by atoms with Crippen LogP contribution in [-0.4, -0.2) is 55.5 Å². The number of rotatable bonds is 10. The molecule has 1 saturated heterocycles. The van der Waals surface area contributed by atoms with Crippen LogP contribution in [0.25, 0.3) is 6.08 Å². The highest BCUT2D eigenvalue weighted by Crippen LogP contribution is 2.34. The Morgan fingerprint density at radius 3 is 2.36 bits per heavy atom. The molecule has 0 aromatic heterocycles. The third-order valence-electron chi connectivity index (χ3n) is 7.10. The fourth-order valence-electron chi connectivity index (χ4n) is 4.92. The molecule has 42 heavy (non-hydrogen) atoms. The number of hydrogen-bond donors (Lipinski definition) is 3. The monoisotopic (exact) mass is 577 g/mol. The summed E-state index contributed by atoms with van der Waals surface area (Å²) in [6.45, 7) is 4.38. The van der Waals surface area contributed by atoms with E-state index < -0.39 is 47.4 Å². The summed E-state index contributed by atoms with van der Waals surface area (Å²) >= 11 is 0. The van der Waals surface area contributed by atoms with Gasteiger partial charge in [0.05, 0.1) is 18.5 Å². The van der Waals surface area contributed by atoms with Gasteiger partial charge in [-0.2, -0.15) is 0 Å². The van der Waals surface area contributed by atoms with E-state index in [0.717, 1.165) is 5.56 Å². The molecule has 12 heteroatoms. The fraction of sp³-hybridized carbons (Fsp3) is 0.367. The highest BCUT2D eigenvalue weighted by atomic mass is 16.7. The Labute approximate surface area is 241 Å². The molecule has 0 saturated carbocycles. The molecule has 220 valence electrons. The third kappa shape index (κ3) is 6.54. The highest BCUT2D eigenvalue weighted by molar-refractivity contribution is 6.15. The second kappa shape index (κ2) is 12.3. The van der Waals surface area contributed by atoms with Gasteiger partial charge >= 0.3 is 0 Å². The Hall–Kier alpha value is -4.87. The van der Waals surface area contributed by atoms with Crippen molar-refractivity contribution in [2.24, 2.45) is 11.8 Å². The molecule has 12 nitrogen and oxygen atoms in total. The first kappa shape index (κ1) is 28.7. The summed E-state index contributed by atoms with van der Waals surface area (Å²) in [5.41, 5.74) is 1.31. The van der Waals surface area contributed by atoms with Crippen molar-refractivity contribution in [1.82, 2.24) is 16.0 Å². The summed E-state index contributed by atoms with van der Waals surface area (Å²) in [6.07, 6.45) is 2.49. The van der Waals surface area contributed by atoms with Gasteiger partial charge in [-0.1, -0.05) is 26.0 Å². The smallest absolute Gasteiger partial charge is 0.244 e. The van der Waals surface area contributed by atoms with Gasteiger partial charge in [0.1, 0.15) is 19.1 Å². The summed E-state index contributed by atoms with van der Waals surface area (Å²) in [5, 5.41) is 7.71. The minimum atomic E-state index is -1.15. The molecular weight excluding hydrogens is 546 g/mol. The van der Waals surface area contributed by atoms with Crippen LogP contribution in [0.4, 0.5) is 0 Å². The van der Waals surface area contributed by atoms with Crippen LogP contribution in [0.1, 0.15) is 43.9 Å². The second-order valence-electron chi connectivity index (χ2n) is 10.5. The van der Waals surface area contributed by atoms with Crippen molar-refractivity contribution >= 4 is 35.5 Å². The average Bonchev–Trinajstić information content (AvgIpc) is 3.58. The molecule has 0 aliphatic carbocycles. The molecule has 3 unspecified atom stereocenters. The number of carbonyl (C=O) groups excluding carboxylic acids is 5. The van der Waals surface area contributed by atoms with E-state index in [4.69, 9.17) is 18.9 Å². The van der Waals surface area contributed by atoms with E-state index >= 15 is 0 Å². The number of ether oxygens (including phenoxy) is 4. The van der Waals surface area contributed by atoms with Gasteiger partial charge in [-0.05, 0) is 47.4 Å². The first-order valence-corrected chi connectivity index (χ1v) is 13.6. The Kier molecular flexibility index (Phi) is 8.41. The SMILES string of the molecule is CC(C)C(NC(=O)CC(NC(=O)/C=C/c1ccc2c(c1)OCO2)c1ccc2c(c1)OCCO2)C(=O)C1CC(=O)NC1=O. The van der Waals surface area contributed by atoms with Gasteiger partial charge in [-0.15, -0.1) is 0 Å². The largest absolute Gasteiger partial charge is 0.486 e. The van der Waals surface area contributed by atoms with Crippen LogP contribution in [0.2, 0.25) is 0 Å². The number of imide groups is 1. The van der Waals surface area contributed by atoms with Gasteiger partial charge in [0.2, 0.25) is 30.4 Å². The van der Waals surface area contributed by atoms with Crippen molar-refractivity contribution in [3.05, 3.63) is 53.6 Å². The number of nitrogens with one attached hydrogen (secondary N) is 3. The lowest BCUT2D eigenvalue weighted by atomic mass is 9.89. The highest BCUT2D eigenvalue weighted by Gasteiger charge is 2.41. The van der Waals surface area contributed by atoms with E-state index in [1.807, 2.05) is 0 Å². The van der Waals surface area contributed by atoms with Crippen molar-refractivity contribution in [1.29, 1.82) is 0 Å². The van der Waals surface area contributed by atoms with Crippen molar-refractivity contribution in [3.8, 4) is 23.0 Å². The molecular formula is C30H31N3O9. The van der Waals surface area contributed by atoms with Gasteiger partial charge in [0.25, 0.3) is 0 Å². The molecule has 4 amide bonds. The van der Waals surface area contributed by atoms with Crippen LogP contribution < -0.4 is 34.9 Å². The van der Waals surface area contributed by atoms with Crippen LogP contribution in [-0.2, 0) is 24.0 Å². The summed E-state index contributed by atoms with van der Waals surface area (Å²) in [6, 6.07) is 8.62. The molecule has 0 bridgehead atoms. The molecule has 3 atom stereocenters. The van der Waals surface area contributed by atoms with Crippen LogP contribution >= 0.6 is 0 Å². The lowest BCUT2D eigenvalue weighted by Gasteiger charge is -2.25. The van der Waals surface area contributed by atoms with Gasteiger partial charge in [-0.25, -0.2) is 0 Å². The fourth-order valence-corrected chi connectivity index (χ4v) is 4.92. The maximum absolute atomic E-state index is 13.3. The molecule has 2 aromatic carbocycles. The maximum atomic E-state index is 13.3. The first-order chi connectivity index (χ1) is 20.2. The number of benzene rings is 2. The van der Waals surface area contributed by atoms with Gasteiger partial charge in [0.15, 0.2) is 28.8 Å². The Bertz CT molecular complexity index is 1450. The van der Waals surface area contributed by atoms with E-state index in [1.54, 1.807) is 56.3 Å². The number of ketones is 1. The number of fused-ring (bicyclic) bond motifs is 2. The van der Waals surface area contributed by atoms with Gasteiger partial charge in [0, 0.05) is 12.5 Å². The molecule has 3 heterocycles. The molecule has 3 N–H and O–H groups in total. The van der Waals surface area contributed by atoms with Gasteiger partial charge in [-0.3, -0.25) is 29.3 Å². The standard InChI is InChI=1S/C30H31N3O9/c1-16(2)28(29(37)19-13-26(35)33-30(19)38)32-27(36)14-20(18-5-7-21-24(12-18)40-10-9-39-21)31-25(34)8-4-17-3-6-22-23(11-17)42-15-41-22/h3-8,11-12,16,19-20,28H,9-10,13-15H2,1-2H3,(H,31,34)(H,32,36)(H,33,35,38)/b8-4+. The maximum Gasteiger partial charge on any atom is 0.244 e. The molecule has 0 radical (unpaired) electrons. The van der Waals surface area contributed by atoms with E-state index in [9.17, 15) is 24.0 Å².